The van der Waals surface area contributed by atoms with Gasteiger partial charge in [-0.3, -0.25) is 9.69 Å². The van der Waals surface area contributed by atoms with Gasteiger partial charge in [-0.15, -0.1) is 0 Å². The zero-order valence-corrected chi connectivity index (χ0v) is 8.07. The van der Waals surface area contributed by atoms with Crippen molar-refractivity contribution in [2.24, 2.45) is 5.73 Å². The highest BCUT2D eigenvalue weighted by molar-refractivity contribution is 5.80. The molecule has 1 fully saturated rings. The number of nitrogens with two attached hydrogens (primary N) is 1. The van der Waals surface area contributed by atoms with E-state index in [0.29, 0.717) is 13.0 Å². The fourth-order valence-corrected chi connectivity index (χ4v) is 1.78. The first kappa shape index (κ1) is 10.5. The lowest BCUT2D eigenvalue weighted by Crippen LogP contribution is -2.40. The van der Waals surface area contributed by atoms with E-state index in [1.165, 1.54) is 0 Å². The second-order valence-corrected chi connectivity index (χ2v) is 3.66. The van der Waals surface area contributed by atoms with Crippen molar-refractivity contribution in [3.05, 3.63) is 0 Å². The maximum atomic E-state index is 11.0. The molecule has 0 saturated carbocycles. The fourth-order valence-electron chi connectivity index (χ4n) is 1.78. The summed E-state index contributed by atoms with van der Waals surface area (Å²) in [5.41, 5.74) is 5.23. The Morgan fingerprint density at radius 1 is 1.69 bits per heavy atom. The van der Waals surface area contributed by atoms with Gasteiger partial charge in [-0.1, -0.05) is 13.3 Å². The van der Waals surface area contributed by atoms with E-state index in [1.54, 1.807) is 0 Å². The summed E-state index contributed by atoms with van der Waals surface area (Å²) in [6.45, 7) is 3.56. The predicted octanol–water partition coefficient (Wildman–Crippen LogP) is -0.293. The SMILES string of the molecule is CCCCN1C[C@H](O)C[C@H]1C(N)=O. The van der Waals surface area contributed by atoms with Crippen molar-refractivity contribution in [3.63, 3.8) is 0 Å². The largest absolute Gasteiger partial charge is 0.392 e. The molecule has 1 heterocycles. The van der Waals surface area contributed by atoms with Gasteiger partial charge in [0.05, 0.1) is 12.1 Å². The van der Waals surface area contributed by atoms with Crippen LogP contribution in [0.1, 0.15) is 26.2 Å². The lowest BCUT2D eigenvalue weighted by atomic mass is 10.2. The molecule has 1 amide bonds. The van der Waals surface area contributed by atoms with Crippen LogP contribution in [0.5, 0.6) is 0 Å². The number of rotatable bonds is 4. The quantitative estimate of drug-likeness (QED) is 0.634. The molecule has 76 valence electrons. The maximum absolute atomic E-state index is 11.0. The Hall–Kier alpha value is -0.610. The Morgan fingerprint density at radius 2 is 2.38 bits per heavy atom. The van der Waals surface area contributed by atoms with Crippen molar-refractivity contribution in [1.82, 2.24) is 4.90 Å². The summed E-state index contributed by atoms with van der Waals surface area (Å²) >= 11 is 0. The molecule has 0 spiro atoms. The minimum absolute atomic E-state index is 0.249. The highest BCUT2D eigenvalue weighted by atomic mass is 16.3. The van der Waals surface area contributed by atoms with Gasteiger partial charge in [0.1, 0.15) is 0 Å². The van der Waals surface area contributed by atoms with Crippen LogP contribution in [-0.4, -0.2) is 41.1 Å². The highest BCUT2D eigenvalue weighted by Crippen LogP contribution is 2.17. The van der Waals surface area contributed by atoms with Gasteiger partial charge in [-0.05, 0) is 19.4 Å². The van der Waals surface area contributed by atoms with Gasteiger partial charge in [0.25, 0.3) is 0 Å². The Balaban J connectivity index is 2.45. The molecule has 0 aliphatic carbocycles. The molecule has 0 bridgehead atoms. The molecular formula is C9H18N2O2. The molecular weight excluding hydrogens is 168 g/mol. The molecule has 4 nitrogen and oxygen atoms in total. The molecule has 0 aromatic heterocycles. The lowest BCUT2D eigenvalue weighted by Gasteiger charge is -2.20. The van der Waals surface area contributed by atoms with Gasteiger partial charge in [0.2, 0.25) is 5.91 Å². The van der Waals surface area contributed by atoms with Crippen molar-refractivity contribution >= 4 is 5.91 Å². The van der Waals surface area contributed by atoms with Crippen molar-refractivity contribution < 1.29 is 9.90 Å². The van der Waals surface area contributed by atoms with Gasteiger partial charge in [-0.2, -0.15) is 0 Å². The van der Waals surface area contributed by atoms with Crippen LogP contribution in [0.2, 0.25) is 0 Å². The standard InChI is InChI=1S/C9H18N2O2/c1-2-3-4-11-6-7(12)5-8(11)9(10)13/h7-8,12H,2-6H2,1H3,(H2,10,13)/t7-,8+/m1/s1. The third-order valence-corrected chi connectivity index (χ3v) is 2.51. The van der Waals surface area contributed by atoms with E-state index in [0.717, 1.165) is 19.4 Å². The van der Waals surface area contributed by atoms with Crippen LogP contribution < -0.4 is 5.73 Å². The summed E-state index contributed by atoms with van der Waals surface area (Å²) in [6, 6.07) is -0.249. The van der Waals surface area contributed by atoms with Crippen LogP contribution in [0.4, 0.5) is 0 Å². The van der Waals surface area contributed by atoms with Gasteiger partial charge in [-0.25, -0.2) is 0 Å². The smallest absolute Gasteiger partial charge is 0.234 e. The number of carbonyl (C=O) groups is 1. The molecule has 1 aliphatic heterocycles. The number of aliphatic hydroxyl groups is 1. The summed E-state index contributed by atoms with van der Waals surface area (Å²) in [5.74, 6) is -0.312. The molecule has 4 heteroatoms. The molecule has 0 unspecified atom stereocenters. The predicted molar refractivity (Wildman–Crippen MR) is 50.1 cm³/mol. The van der Waals surface area contributed by atoms with Gasteiger partial charge in [0.15, 0.2) is 0 Å². The third-order valence-electron chi connectivity index (χ3n) is 2.51. The van der Waals surface area contributed by atoms with Crippen LogP contribution in [0.3, 0.4) is 0 Å². The van der Waals surface area contributed by atoms with E-state index < -0.39 is 0 Å². The molecule has 0 aromatic carbocycles. The van der Waals surface area contributed by atoms with Gasteiger partial charge < -0.3 is 10.8 Å². The molecule has 1 aliphatic rings. The van der Waals surface area contributed by atoms with Crippen molar-refractivity contribution in [3.8, 4) is 0 Å². The second kappa shape index (κ2) is 4.58. The van der Waals surface area contributed by atoms with Crippen molar-refractivity contribution in [2.45, 2.75) is 38.3 Å². The van der Waals surface area contributed by atoms with E-state index in [4.69, 9.17) is 5.73 Å². The third kappa shape index (κ3) is 2.67. The highest BCUT2D eigenvalue weighted by Gasteiger charge is 2.33. The number of unbranched alkanes of at least 4 members (excludes halogenated alkanes) is 1. The molecule has 2 atom stereocenters. The summed E-state index contributed by atoms with van der Waals surface area (Å²) in [5, 5.41) is 9.37. The minimum atomic E-state index is -0.380. The Kier molecular flexibility index (Phi) is 3.69. The van der Waals surface area contributed by atoms with E-state index in [2.05, 4.69) is 6.92 Å². The van der Waals surface area contributed by atoms with Crippen molar-refractivity contribution in [1.29, 1.82) is 0 Å². The van der Waals surface area contributed by atoms with E-state index >= 15 is 0 Å². The normalized spacial score (nSPS) is 29.4. The number of hydrogen-bond donors (Lipinski definition) is 2. The van der Waals surface area contributed by atoms with Gasteiger partial charge >= 0.3 is 0 Å². The Morgan fingerprint density at radius 3 is 2.92 bits per heavy atom. The van der Waals surface area contributed by atoms with E-state index in [-0.39, 0.29) is 18.1 Å². The Bertz CT molecular complexity index is 184. The molecule has 3 N–H and O–H groups in total. The summed E-state index contributed by atoms with van der Waals surface area (Å²) in [7, 11) is 0. The number of hydrogen-bond acceptors (Lipinski definition) is 3. The number of likely N-dealkylation sites (tertiary alicyclic amines) is 1. The average molecular weight is 186 g/mol. The molecule has 13 heavy (non-hydrogen) atoms. The molecule has 0 radical (unpaired) electrons. The summed E-state index contributed by atoms with van der Waals surface area (Å²) in [6.07, 6.45) is 2.27. The summed E-state index contributed by atoms with van der Waals surface area (Å²) in [4.78, 5) is 13.0. The number of carbonyl (C=O) groups excluding carboxylic acids is 1. The second-order valence-electron chi connectivity index (χ2n) is 3.66. The van der Waals surface area contributed by atoms with Crippen LogP contribution >= 0.6 is 0 Å². The number of aliphatic hydroxyl groups excluding tert-OH is 1. The topological polar surface area (TPSA) is 66.6 Å². The van der Waals surface area contributed by atoms with Crippen LogP contribution in [0.15, 0.2) is 0 Å². The van der Waals surface area contributed by atoms with Crippen LogP contribution in [0, 0.1) is 0 Å². The van der Waals surface area contributed by atoms with E-state index in [9.17, 15) is 9.90 Å². The number of primary amides is 1. The Labute approximate surface area is 78.7 Å². The monoisotopic (exact) mass is 186 g/mol. The number of amides is 1. The number of β-amino-alcohol motifs (C(OH)–C–C–N with tert-alkyl or cyclic N) is 1. The first-order valence-corrected chi connectivity index (χ1v) is 4.86. The van der Waals surface area contributed by atoms with Gasteiger partial charge in [0, 0.05) is 6.54 Å². The summed E-state index contributed by atoms with van der Waals surface area (Å²) < 4.78 is 0. The first-order chi connectivity index (χ1) is 6.15. The average Bonchev–Trinajstić information content (AvgIpc) is 2.43. The molecule has 1 rings (SSSR count). The zero-order chi connectivity index (χ0) is 9.84. The fraction of sp³-hybridized carbons (Fsp3) is 0.889. The minimum Gasteiger partial charge on any atom is -0.392 e. The van der Waals surface area contributed by atoms with Crippen LogP contribution in [-0.2, 0) is 4.79 Å². The van der Waals surface area contributed by atoms with E-state index in [1.807, 2.05) is 4.90 Å². The van der Waals surface area contributed by atoms with Crippen molar-refractivity contribution in [2.75, 3.05) is 13.1 Å². The number of nitrogens with zero attached hydrogens (tertiary/aromatic N) is 1. The zero-order valence-electron chi connectivity index (χ0n) is 8.07. The molecule has 1 saturated heterocycles. The van der Waals surface area contributed by atoms with Crippen LogP contribution in [0.25, 0.3) is 0 Å². The lowest BCUT2D eigenvalue weighted by molar-refractivity contribution is -0.122. The maximum Gasteiger partial charge on any atom is 0.234 e. The molecule has 0 aromatic rings. The first-order valence-electron chi connectivity index (χ1n) is 4.86.